The van der Waals surface area contributed by atoms with Gasteiger partial charge in [-0.25, -0.2) is 9.97 Å². The van der Waals surface area contributed by atoms with Gasteiger partial charge in [0.25, 0.3) is 0 Å². The van der Waals surface area contributed by atoms with Gasteiger partial charge in [0.1, 0.15) is 0 Å². The van der Waals surface area contributed by atoms with Crippen molar-refractivity contribution in [3.8, 4) is 0 Å². The topological polar surface area (TPSA) is 63.8 Å². The molecular weight excluding hydrogens is 244 g/mol. The van der Waals surface area contributed by atoms with Crippen LogP contribution in [0.25, 0.3) is 0 Å². The predicted molar refractivity (Wildman–Crippen MR) is 61.2 cm³/mol. The van der Waals surface area contributed by atoms with Gasteiger partial charge in [-0.15, -0.1) is 0 Å². The third-order valence-corrected chi connectivity index (χ3v) is 2.84. The second kappa shape index (κ2) is 4.70. The smallest absolute Gasteiger partial charge is 0.223 e. The molecule has 0 aliphatic carbocycles. The van der Waals surface area contributed by atoms with Gasteiger partial charge < -0.3 is 11.1 Å². The molecule has 0 radical (unpaired) electrons. The normalized spacial score (nSPS) is 14.9. The minimum Gasteiger partial charge on any atom is -0.350 e. The summed E-state index contributed by atoms with van der Waals surface area (Å²) in [6.45, 7) is 5.88. The van der Waals surface area contributed by atoms with Crippen LogP contribution in [0.3, 0.4) is 0 Å². The lowest BCUT2D eigenvalue weighted by Crippen LogP contribution is -2.35. The minimum atomic E-state index is 0.0718. The van der Waals surface area contributed by atoms with E-state index in [0.29, 0.717) is 5.95 Å². The number of halogens is 1. The van der Waals surface area contributed by atoms with Gasteiger partial charge in [0.2, 0.25) is 5.95 Å². The highest BCUT2D eigenvalue weighted by Gasteiger charge is 2.08. The third kappa shape index (κ3) is 2.92. The molecule has 0 aliphatic heterocycles. The standard InChI is InChI=1S/C9H15BrN4/c1-5(11)6(2)13-9-12-4-8(10)7(3)14-9/h4-6H,11H2,1-3H3,(H,12,13,14). The number of aryl methyl sites for hydroxylation is 1. The molecule has 1 aromatic heterocycles. The van der Waals surface area contributed by atoms with Crippen LogP contribution in [0.1, 0.15) is 19.5 Å². The molecule has 0 bridgehead atoms. The third-order valence-electron chi connectivity index (χ3n) is 2.06. The van der Waals surface area contributed by atoms with Crippen molar-refractivity contribution in [3.63, 3.8) is 0 Å². The molecule has 4 nitrogen and oxygen atoms in total. The summed E-state index contributed by atoms with van der Waals surface area (Å²) in [5, 5.41) is 3.14. The van der Waals surface area contributed by atoms with E-state index in [4.69, 9.17) is 5.73 Å². The summed E-state index contributed by atoms with van der Waals surface area (Å²) < 4.78 is 0.913. The van der Waals surface area contributed by atoms with E-state index in [0.717, 1.165) is 10.2 Å². The number of nitrogens with one attached hydrogen (secondary N) is 1. The highest BCUT2D eigenvalue weighted by Crippen LogP contribution is 2.13. The van der Waals surface area contributed by atoms with E-state index in [9.17, 15) is 0 Å². The fourth-order valence-electron chi connectivity index (χ4n) is 0.857. The molecule has 2 atom stereocenters. The summed E-state index contributed by atoms with van der Waals surface area (Å²) in [7, 11) is 0. The highest BCUT2D eigenvalue weighted by molar-refractivity contribution is 9.10. The second-order valence-corrected chi connectivity index (χ2v) is 4.27. The summed E-state index contributed by atoms with van der Waals surface area (Å²) in [4.78, 5) is 8.41. The van der Waals surface area contributed by atoms with Gasteiger partial charge in [0, 0.05) is 18.3 Å². The van der Waals surface area contributed by atoms with E-state index in [1.54, 1.807) is 6.20 Å². The van der Waals surface area contributed by atoms with Crippen LogP contribution in [0.2, 0.25) is 0 Å². The fourth-order valence-corrected chi connectivity index (χ4v) is 1.05. The van der Waals surface area contributed by atoms with E-state index in [-0.39, 0.29) is 12.1 Å². The molecule has 0 spiro atoms. The fraction of sp³-hybridized carbons (Fsp3) is 0.556. The number of hydrogen-bond acceptors (Lipinski definition) is 4. The molecule has 1 heterocycles. The first-order valence-electron chi connectivity index (χ1n) is 4.52. The molecular formula is C9H15BrN4. The van der Waals surface area contributed by atoms with Gasteiger partial charge in [-0.05, 0) is 36.7 Å². The number of nitrogens with zero attached hydrogens (tertiary/aromatic N) is 2. The molecule has 78 valence electrons. The Kier molecular flexibility index (Phi) is 3.83. The number of nitrogens with two attached hydrogens (primary N) is 1. The summed E-state index contributed by atoms with van der Waals surface area (Å²) >= 11 is 3.35. The number of rotatable bonds is 3. The molecule has 2 unspecified atom stereocenters. The zero-order chi connectivity index (χ0) is 10.7. The summed E-state index contributed by atoms with van der Waals surface area (Å²) in [5.74, 6) is 0.621. The first-order chi connectivity index (χ1) is 6.50. The van der Waals surface area contributed by atoms with Crippen LogP contribution in [-0.4, -0.2) is 22.1 Å². The maximum absolute atomic E-state index is 5.72. The van der Waals surface area contributed by atoms with Crippen molar-refractivity contribution < 1.29 is 0 Å². The molecule has 0 saturated heterocycles. The van der Waals surface area contributed by atoms with Gasteiger partial charge >= 0.3 is 0 Å². The summed E-state index contributed by atoms with van der Waals surface area (Å²) in [6, 6.07) is 0.234. The zero-order valence-corrected chi connectivity index (χ0v) is 10.2. The number of aromatic nitrogens is 2. The lowest BCUT2D eigenvalue weighted by Gasteiger charge is -2.17. The Morgan fingerprint density at radius 3 is 2.64 bits per heavy atom. The number of hydrogen-bond donors (Lipinski definition) is 2. The van der Waals surface area contributed by atoms with Crippen molar-refractivity contribution >= 4 is 21.9 Å². The maximum Gasteiger partial charge on any atom is 0.223 e. The lowest BCUT2D eigenvalue weighted by atomic mass is 10.2. The minimum absolute atomic E-state index is 0.0718. The molecule has 14 heavy (non-hydrogen) atoms. The van der Waals surface area contributed by atoms with Crippen LogP contribution in [0.5, 0.6) is 0 Å². The molecule has 3 N–H and O–H groups in total. The van der Waals surface area contributed by atoms with Gasteiger partial charge in [-0.2, -0.15) is 0 Å². The first-order valence-corrected chi connectivity index (χ1v) is 5.31. The molecule has 0 fully saturated rings. The van der Waals surface area contributed by atoms with Crippen LogP contribution in [0.15, 0.2) is 10.7 Å². The number of anilines is 1. The predicted octanol–water partition coefficient (Wildman–Crippen LogP) is 1.70. The Labute approximate surface area is 92.5 Å². The lowest BCUT2D eigenvalue weighted by molar-refractivity contribution is 0.633. The van der Waals surface area contributed by atoms with Crippen LogP contribution in [0.4, 0.5) is 5.95 Å². The van der Waals surface area contributed by atoms with E-state index in [2.05, 4.69) is 31.2 Å². The maximum atomic E-state index is 5.72. The Morgan fingerprint density at radius 2 is 2.14 bits per heavy atom. The quantitative estimate of drug-likeness (QED) is 0.867. The van der Waals surface area contributed by atoms with Crippen molar-refractivity contribution in [2.75, 3.05) is 5.32 Å². The molecule has 0 amide bonds. The molecule has 1 aromatic rings. The van der Waals surface area contributed by atoms with Gasteiger partial charge in [-0.1, -0.05) is 0 Å². The van der Waals surface area contributed by atoms with Crippen molar-refractivity contribution in [2.45, 2.75) is 32.9 Å². The van der Waals surface area contributed by atoms with E-state index in [1.165, 1.54) is 0 Å². The zero-order valence-electron chi connectivity index (χ0n) is 8.58. The van der Waals surface area contributed by atoms with E-state index in [1.807, 2.05) is 20.8 Å². The molecule has 5 heteroatoms. The summed E-state index contributed by atoms with van der Waals surface area (Å²) in [6.07, 6.45) is 1.73. The SMILES string of the molecule is Cc1nc(NC(C)C(C)N)ncc1Br. The second-order valence-electron chi connectivity index (χ2n) is 3.42. The van der Waals surface area contributed by atoms with Crippen LogP contribution in [0, 0.1) is 6.92 Å². The Morgan fingerprint density at radius 1 is 1.50 bits per heavy atom. The Bertz CT molecular complexity index is 314. The molecule has 0 aromatic carbocycles. The molecule has 1 rings (SSSR count). The van der Waals surface area contributed by atoms with Crippen molar-refractivity contribution in [2.24, 2.45) is 5.73 Å². The van der Waals surface area contributed by atoms with Gasteiger partial charge in [0.05, 0.1) is 10.2 Å². The molecule has 0 aliphatic rings. The highest BCUT2D eigenvalue weighted by atomic mass is 79.9. The average Bonchev–Trinajstić information content (AvgIpc) is 2.11. The van der Waals surface area contributed by atoms with Gasteiger partial charge in [-0.3, -0.25) is 0 Å². The van der Waals surface area contributed by atoms with Crippen LogP contribution >= 0.6 is 15.9 Å². The van der Waals surface area contributed by atoms with E-state index >= 15 is 0 Å². The summed E-state index contributed by atoms with van der Waals surface area (Å²) in [5.41, 5.74) is 6.64. The van der Waals surface area contributed by atoms with Gasteiger partial charge in [0.15, 0.2) is 0 Å². The molecule has 0 saturated carbocycles. The monoisotopic (exact) mass is 258 g/mol. The van der Waals surface area contributed by atoms with Crippen molar-refractivity contribution in [1.29, 1.82) is 0 Å². The van der Waals surface area contributed by atoms with Crippen LogP contribution < -0.4 is 11.1 Å². The Balaban J connectivity index is 2.73. The van der Waals surface area contributed by atoms with Crippen molar-refractivity contribution in [3.05, 3.63) is 16.4 Å². The van der Waals surface area contributed by atoms with Crippen molar-refractivity contribution in [1.82, 2.24) is 9.97 Å². The largest absolute Gasteiger partial charge is 0.350 e. The van der Waals surface area contributed by atoms with Crippen LogP contribution in [-0.2, 0) is 0 Å². The first kappa shape index (κ1) is 11.4. The average molecular weight is 259 g/mol. The van der Waals surface area contributed by atoms with E-state index < -0.39 is 0 Å². The Hall–Kier alpha value is -0.680.